The van der Waals surface area contributed by atoms with Gasteiger partial charge in [0.2, 0.25) is 0 Å². The summed E-state index contributed by atoms with van der Waals surface area (Å²) < 4.78 is 38.1. The van der Waals surface area contributed by atoms with Gasteiger partial charge in [-0.25, -0.2) is 18.6 Å². The monoisotopic (exact) mass is 422 g/mol. The summed E-state index contributed by atoms with van der Waals surface area (Å²) in [4.78, 5) is 29.7. The molecule has 9 heteroatoms. The van der Waals surface area contributed by atoms with Gasteiger partial charge in [0.1, 0.15) is 18.0 Å². The Bertz CT molecular complexity index is 865. The highest BCUT2D eigenvalue weighted by Crippen LogP contribution is 2.60. The molecule has 0 spiro atoms. The molecule has 4 bridgehead atoms. The van der Waals surface area contributed by atoms with E-state index in [-0.39, 0.29) is 30.4 Å². The molecule has 3 unspecified atom stereocenters. The minimum absolute atomic E-state index is 0.100. The summed E-state index contributed by atoms with van der Waals surface area (Å²) in [7, 11) is 0. The van der Waals surface area contributed by atoms with Crippen molar-refractivity contribution in [3.8, 4) is 5.88 Å². The molecule has 0 radical (unpaired) electrons. The topological polar surface area (TPSA) is 89.0 Å². The first kappa shape index (κ1) is 19.5. The molecule has 1 N–H and O–H groups in total. The lowest BCUT2D eigenvalue weighted by Gasteiger charge is -2.57. The van der Waals surface area contributed by atoms with Gasteiger partial charge >= 0.3 is 12.1 Å². The third-order valence-electron chi connectivity index (χ3n) is 7.33. The fraction of sp³-hybridized carbons (Fsp3) is 0.667. The number of hydrogen-bond acceptors (Lipinski definition) is 5. The van der Waals surface area contributed by atoms with E-state index >= 15 is 0 Å². The average Bonchev–Trinajstić information content (AvgIpc) is 3.15. The predicted octanol–water partition coefficient (Wildman–Crippen LogP) is 3.23. The molecule has 1 aliphatic heterocycles. The molecular weight excluding hydrogens is 398 g/mol. The number of ether oxygens (including phenoxy) is 2. The van der Waals surface area contributed by atoms with Crippen LogP contribution in [0.4, 0.5) is 13.6 Å². The van der Waals surface area contributed by atoms with Gasteiger partial charge < -0.3 is 19.5 Å². The van der Waals surface area contributed by atoms with Gasteiger partial charge in [-0.05, 0) is 49.9 Å². The van der Waals surface area contributed by atoms with Gasteiger partial charge in [-0.2, -0.15) is 0 Å². The number of rotatable bonds is 4. The Balaban J connectivity index is 1.19. The molecule has 5 aliphatic rings. The fourth-order valence-corrected chi connectivity index (χ4v) is 6.26. The zero-order valence-corrected chi connectivity index (χ0v) is 16.4. The van der Waals surface area contributed by atoms with Crippen molar-refractivity contribution in [2.75, 3.05) is 13.1 Å². The molecule has 1 aromatic heterocycles. The maximum Gasteiger partial charge on any atom is 0.410 e. The fourth-order valence-electron chi connectivity index (χ4n) is 6.26. The normalized spacial score (nSPS) is 36.7. The Kier molecular flexibility index (Phi) is 4.59. The molecule has 5 fully saturated rings. The van der Waals surface area contributed by atoms with Crippen molar-refractivity contribution in [1.29, 1.82) is 0 Å². The SMILES string of the molecule is O=C(OC1C2CC3CC1CC(C(=O)O)(C3)C2)N1CCC(Oc2ncc(F)cc2F)C1. The van der Waals surface area contributed by atoms with Gasteiger partial charge in [0, 0.05) is 19.0 Å². The number of nitrogens with zero attached hydrogens (tertiary/aromatic N) is 2. The van der Waals surface area contributed by atoms with Gasteiger partial charge in [-0.3, -0.25) is 4.79 Å². The van der Waals surface area contributed by atoms with Crippen LogP contribution in [0.2, 0.25) is 0 Å². The largest absolute Gasteiger partial charge is 0.481 e. The van der Waals surface area contributed by atoms with Crippen molar-refractivity contribution in [3.05, 3.63) is 23.9 Å². The van der Waals surface area contributed by atoms with Crippen LogP contribution in [0.25, 0.3) is 0 Å². The lowest BCUT2D eigenvalue weighted by molar-refractivity contribution is -0.179. The van der Waals surface area contributed by atoms with Crippen LogP contribution in [0.3, 0.4) is 0 Å². The van der Waals surface area contributed by atoms with Gasteiger partial charge in [0.25, 0.3) is 5.88 Å². The summed E-state index contributed by atoms with van der Waals surface area (Å²) in [6.45, 7) is 0.650. The van der Waals surface area contributed by atoms with Crippen LogP contribution in [0.1, 0.15) is 38.5 Å². The van der Waals surface area contributed by atoms with Crippen molar-refractivity contribution in [2.45, 2.75) is 50.7 Å². The van der Waals surface area contributed by atoms with Crippen LogP contribution in [0, 0.1) is 34.8 Å². The van der Waals surface area contributed by atoms with Crippen LogP contribution in [-0.4, -0.2) is 52.4 Å². The number of carbonyl (C=O) groups is 2. The molecule has 0 aromatic carbocycles. The average molecular weight is 422 g/mol. The molecule has 4 aliphatic carbocycles. The lowest BCUT2D eigenvalue weighted by Crippen LogP contribution is -2.57. The maximum absolute atomic E-state index is 13.7. The van der Waals surface area contributed by atoms with E-state index in [0.29, 0.717) is 37.8 Å². The smallest absolute Gasteiger partial charge is 0.410 e. The van der Waals surface area contributed by atoms with E-state index in [9.17, 15) is 23.5 Å². The molecule has 30 heavy (non-hydrogen) atoms. The molecule has 1 amide bonds. The molecule has 7 nitrogen and oxygen atoms in total. The maximum atomic E-state index is 13.7. The van der Waals surface area contributed by atoms with E-state index in [2.05, 4.69) is 4.98 Å². The first-order valence-electron chi connectivity index (χ1n) is 10.5. The Hall–Kier alpha value is -2.45. The molecule has 4 saturated carbocycles. The number of halogens is 2. The number of amides is 1. The predicted molar refractivity (Wildman–Crippen MR) is 98.7 cm³/mol. The van der Waals surface area contributed by atoms with Crippen LogP contribution < -0.4 is 4.74 Å². The summed E-state index contributed by atoms with van der Waals surface area (Å²) in [5.41, 5.74) is -0.641. The Morgan fingerprint density at radius 3 is 2.60 bits per heavy atom. The number of pyridine rings is 1. The van der Waals surface area contributed by atoms with E-state index in [1.54, 1.807) is 0 Å². The van der Waals surface area contributed by atoms with E-state index in [1.165, 1.54) is 4.90 Å². The highest BCUT2D eigenvalue weighted by molar-refractivity contribution is 5.75. The lowest BCUT2D eigenvalue weighted by atomic mass is 9.48. The second kappa shape index (κ2) is 7.06. The number of aliphatic carboxylic acids is 1. The molecule has 1 saturated heterocycles. The number of carboxylic acids is 1. The third kappa shape index (κ3) is 3.28. The van der Waals surface area contributed by atoms with Crippen LogP contribution in [0.15, 0.2) is 12.3 Å². The Morgan fingerprint density at radius 1 is 1.20 bits per heavy atom. The zero-order valence-electron chi connectivity index (χ0n) is 16.4. The van der Waals surface area contributed by atoms with Crippen molar-refractivity contribution in [1.82, 2.24) is 9.88 Å². The summed E-state index contributed by atoms with van der Waals surface area (Å²) in [5.74, 6) is -2.04. The number of carbonyl (C=O) groups excluding carboxylic acids is 1. The standard InChI is InChI=1S/C21H24F2N2O5/c22-14-5-16(23)18(24-9-14)29-15-1-2-25(10-15)20(28)30-17-12-3-11-4-13(17)8-21(6-11,7-12)19(26)27/h5,9,11-13,15,17H,1-4,6-8,10H2,(H,26,27). The van der Waals surface area contributed by atoms with E-state index < -0.39 is 35.2 Å². The third-order valence-corrected chi connectivity index (χ3v) is 7.33. The second-order valence-corrected chi connectivity index (χ2v) is 9.32. The Morgan fingerprint density at radius 2 is 1.93 bits per heavy atom. The van der Waals surface area contributed by atoms with Gasteiger partial charge in [-0.15, -0.1) is 0 Å². The van der Waals surface area contributed by atoms with E-state index in [0.717, 1.165) is 25.5 Å². The molecule has 3 atom stereocenters. The molecular formula is C21H24F2N2O5. The molecule has 6 rings (SSSR count). The second-order valence-electron chi connectivity index (χ2n) is 9.32. The zero-order chi connectivity index (χ0) is 21.0. The van der Waals surface area contributed by atoms with Crippen LogP contribution in [-0.2, 0) is 9.53 Å². The minimum atomic E-state index is -0.878. The van der Waals surface area contributed by atoms with Gasteiger partial charge in [-0.1, -0.05) is 0 Å². The van der Waals surface area contributed by atoms with Crippen molar-refractivity contribution < 1.29 is 33.0 Å². The van der Waals surface area contributed by atoms with E-state index in [1.807, 2.05) is 0 Å². The number of aromatic nitrogens is 1. The number of likely N-dealkylation sites (tertiary alicyclic amines) is 1. The summed E-state index contributed by atoms with van der Waals surface area (Å²) in [5, 5.41) is 9.72. The number of hydrogen-bond donors (Lipinski definition) is 1. The molecule has 162 valence electrons. The molecule has 1 aromatic rings. The summed E-state index contributed by atoms with van der Waals surface area (Å²) in [6, 6.07) is 0.708. The highest BCUT2D eigenvalue weighted by Gasteiger charge is 2.60. The minimum Gasteiger partial charge on any atom is -0.481 e. The number of carboxylic acid groups (broad SMARTS) is 1. The van der Waals surface area contributed by atoms with E-state index in [4.69, 9.17) is 9.47 Å². The van der Waals surface area contributed by atoms with Crippen molar-refractivity contribution >= 4 is 12.1 Å². The van der Waals surface area contributed by atoms with Crippen molar-refractivity contribution in [2.24, 2.45) is 23.2 Å². The van der Waals surface area contributed by atoms with Gasteiger partial charge in [0.15, 0.2) is 5.82 Å². The van der Waals surface area contributed by atoms with Crippen molar-refractivity contribution in [3.63, 3.8) is 0 Å². The Labute approximate surface area is 172 Å². The van der Waals surface area contributed by atoms with Crippen LogP contribution >= 0.6 is 0 Å². The first-order chi connectivity index (χ1) is 14.3. The summed E-state index contributed by atoms with van der Waals surface area (Å²) in [6.07, 6.45) is 4.01. The quantitative estimate of drug-likeness (QED) is 0.802. The first-order valence-corrected chi connectivity index (χ1v) is 10.5. The summed E-state index contributed by atoms with van der Waals surface area (Å²) >= 11 is 0. The molecule has 2 heterocycles. The highest BCUT2D eigenvalue weighted by atomic mass is 19.1. The van der Waals surface area contributed by atoms with Crippen LogP contribution in [0.5, 0.6) is 5.88 Å². The van der Waals surface area contributed by atoms with Gasteiger partial charge in [0.05, 0.1) is 18.2 Å².